The Balaban J connectivity index is 1.57. The highest BCUT2D eigenvalue weighted by Crippen LogP contribution is 2.23. The molecule has 0 saturated heterocycles. The third-order valence-electron chi connectivity index (χ3n) is 3.54. The van der Waals surface area contributed by atoms with Gasteiger partial charge in [-0.25, -0.2) is 4.39 Å². The Kier molecular flexibility index (Phi) is 4.76. The van der Waals surface area contributed by atoms with E-state index in [1.54, 1.807) is 23.9 Å². The third kappa shape index (κ3) is 3.79. The van der Waals surface area contributed by atoms with Crippen molar-refractivity contribution in [2.75, 3.05) is 5.75 Å². The van der Waals surface area contributed by atoms with Crippen LogP contribution in [0.1, 0.15) is 12.0 Å². The van der Waals surface area contributed by atoms with Crippen molar-refractivity contribution in [2.24, 2.45) is 14.1 Å². The van der Waals surface area contributed by atoms with Crippen LogP contribution in [0.25, 0.3) is 11.4 Å². The van der Waals surface area contributed by atoms with Gasteiger partial charge in [0.15, 0.2) is 11.0 Å². The molecule has 0 fully saturated rings. The van der Waals surface area contributed by atoms with E-state index in [9.17, 15) is 4.39 Å². The van der Waals surface area contributed by atoms with Crippen LogP contribution >= 0.6 is 11.8 Å². The van der Waals surface area contributed by atoms with Crippen LogP contribution in [-0.4, -0.2) is 30.3 Å². The molecule has 120 valence electrons. The minimum absolute atomic E-state index is 0.249. The molecular formula is C16H18FN5S. The Morgan fingerprint density at radius 1 is 1.13 bits per heavy atom. The maximum absolute atomic E-state index is 13.0. The van der Waals surface area contributed by atoms with Crippen molar-refractivity contribution in [1.29, 1.82) is 0 Å². The summed E-state index contributed by atoms with van der Waals surface area (Å²) in [6.45, 7) is 0. The summed E-state index contributed by atoms with van der Waals surface area (Å²) in [7, 11) is 3.86. The van der Waals surface area contributed by atoms with Gasteiger partial charge in [-0.05, 0) is 42.7 Å². The first-order valence-corrected chi connectivity index (χ1v) is 8.37. The number of aromatic nitrogens is 5. The van der Waals surface area contributed by atoms with E-state index >= 15 is 0 Å². The molecular weight excluding hydrogens is 313 g/mol. The average molecular weight is 331 g/mol. The molecule has 0 N–H and O–H groups in total. The van der Waals surface area contributed by atoms with Gasteiger partial charge in [0.2, 0.25) is 0 Å². The summed E-state index contributed by atoms with van der Waals surface area (Å²) in [4.78, 5) is 0. The molecule has 0 bridgehead atoms. The first kappa shape index (κ1) is 15.7. The molecule has 0 spiro atoms. The van der Waals surface area contributed by atoms with Crippen molar-refractivity contribution < 1.29 is 4.39 Å². The smallest absolute Gasteiger partial charge is 0.191 e. The summed E-state index contributed by atoms with van der Waals surface area (Å²) in [6, 6.07) is 6.31. The molecule has 1 aromatic carbocycles. The summed E-state index contributed by atoms with van der Waals surface area (Å²) in [5.41, 5.74) is 2.11. The predicted molar refractivity (Wildman–Crippen MR) is 88.7 cm³/mol. The third-order valence-corrected chi connectivity index (χ3v) is 4.64. The van der Waals surface area contributed by atoms with Gasteiger partial charge in [0.05, 0.1) is 6.20 Å². The van der Waals surface area contributed by atoms with Gasteiger partial charge in [0.1, 0.15) is 5.82 Å². The molecule has 0 unspecified atom stereocenters. The number of nitrogens with zero attached hydrogens (tertiary/aromatic N) is 5. The average Bonchev–Trinajstić information content (AvgIpc) is 3.11. The highest BCUT2D eigenvalue weighted by Gasteiger charge is 2.11. The van der Waals surface area contributed by atoms with E-state index in [0.29, 0.717) is 0 Å². The minimum Gasteiger partial charge on any atom is -0.305 e. The van der Waals surface area contributed by atoms with Crippen molar-refractivity contribution >= 4 is 11.8 Å². The zero-order valence-electron chi connectivity index (χ0n) is 13.1. The number of aryl methyl sites for hydroxylation is 2. The second kappa shape index (κ2) is 6.95. The van der Waals surface area contributed by atoms with E-state index in [-0.39, 0.29) is 5.82 Å². The summed E-state index contributed by atoms with van der Waals surface area (Å²) >= 11 is 1.68. The molecule has 0 aliphatic heterocycles. The van der Waals surface area contributed by atoms with E-state index in [1.807, 2.05) is 35.7 Å². The lowest BCUT2D eigenvalue weighted by atomic mass is 10.2. The molecule has 2 aromatic heterocycles. The molecule has 23 heavy (non-hydrogen) atoms. The van der Waals surface area contributed by atoms with Gasteiger partial charge in [-0.2, -0.15) is 5.10 Å². The number of halogens is 1. The number of hydrogen-bond donors (Lipinski definition) is 0. The molecule has 3 rings (SSSR count). The van der Waals surface area contributed by atoms with E-state index in [2.05, 4.69) is 15.3 Å². The zero-order chi connectivity index (χ0) is 16.2. The minimum atomic E-state index is -0.249. The first-order chi connectivity index (χ1) is 11.1. The lowest BCUT2D eigenvalue weighted by Gasteiger charge is -2.04. The molecule has 2 heterocycles. The molecule has 0 radical (unpaired) electrons. The van der Waals surface area contributed by atoms with Gasteiger partial charge >= 0.3 is 0 Å². The predicted octanol–water partition coefficient (Wildman–Crippen LogP) is 3.08. The topological polar surface area (TPSA) is 48.5 Å². The Labute approximate surface area is 138 Å². The number of thioether (sulfide) groups is 1. The normalized spacial score (nSPS) is 11.1. The second-order valence-corrected chi connectivity index (χ2v) is 6.41. The lowest BCUT2D eigenvalue weighted by Crippen LogP contribution is -1.96. The Bertz CT molecular complexity index is 778. The highest BCUT2D eigenvalue weighted by atomic mass is 32.2. The quantitative estimate of drug-likeness (QED) is 0.514. The number of hydrogen-bond acceptors (Lipinski definition) is 4. The van der Waals surface area contributed by atoms with Crippen LogP contribution in [0.2, 0.25) is 0 Å². The van der Waals surface area contributed by atoms with Crippen LogP contribution in [-0.2, 0) is 20.5 Å². The Morgan fingerprint density at radius 2 is 1.91 bits per heavy atom. The van der Waals surface area contributed by atoms with Crippen molar-refractivity contribution in [3.8, 4) is 11.4 Å². The van der Waals surface area contributed by atoms with Crippen molar-refractivity contribution in [3.05, 3.63) is 48.0 Å². The fraction of sp³-hybridized carbons (Fsp3) is 0.312. The summed E-state index contributed by atoms with van der Waals surface area (Å²) in [5.74, 6) is 1.46. The first-order valence-electron chi connectivity index (χ1n) is 7.39. The number of rotatable bonds is 6. The van der Waals surface area contributed by atoms with Crippen LogP contribution in [0.3, 0.4) is 0 Å². The van der Waals surface area contributed by atoms with E-state index in [0.717, 1.165) is 35.1 Å². The molecule has 0 amide bonds. The SMILES string of the molecule is Cn1cc(CCCSc2nnc(-c3ccc(F)cc3)n2C)cn1. The number of benzene rings is 1. The van der Waals surface area contributed by atoms with E-state index < -0.39 is 0 Å². The maximum Gasteiger partial charge on any atom is 0.191 e. The molecule has 0 aliphatic carbocycles. The van der Waals surface area contributed by atoms with Gasteiger partial charge in [-0.1, -0.05) is 11.8 Å². The van der Waals surface area contributed by atoms with Crippen LogP contribution in [0, 0.1) is 5.82 Å². The van der Waals surface area contributed by atoms with Gasteiger partial charge < -0.3 is 4.57 Å². The Hall–Kier alpha value is -2.15. The standard InChI is InChI=1S/C16H18FN5S/c1-21-11-12(10-18-21)4-3-9-23-16-20-19-15(22(16)2)13-5-7-14(17)8-6-13/h5-8,10-11H,3-4,9H2,1-2H3. The monoisotopic (exact) mass is 331 g/mol. The molecule has 0 saturated carbocycles. The van der Waals surface area contributed by atoms with Crippen LogP contribution < -0.4 is 0 Å². The van der Waals surface area contributed by atoms with Gasteiger partial charge in [-0.15, -0.1) is 10.2 Å². The molecule has 3 aromatic rings. The van der Waals surface area contributed by atoms with Crippen LogP contribution in [0.5, 0.6) is 0 Å². The lowest BCUT2D eigenvalue weighted by molar-refractivity contribution is 0.628. The fourth-order valence-corrected chi connectivity index (χ4v) is 3.18. The maximum atomic E-state index is 13.0. The van der Waals surface area contributed by atoms with E-state index in [1.165, 1.54) is 17.7 Å². The van der Waals surface area contributed by atoms with Gasteiger partial charge in [-0.3, -0.25) is 4.68 Å². The van der Waals surface area contributed by atoms with Gasteiger partial charge in [0, 0.05) is 31.6 Å². The summed E-state index contributed by atoms with van der Waals surface area (Å²) in [6.07, 6.45) is 6.00. The molecule has 5 nitrogen and oxygen atoms in total. The fourth-order valence-electron chi connectivity index (χ4n) is 2.33. The molecule has 0 aliphatic rings. The molecule has 7 heteroatoms. The summed E-state index contributed by atoms with van der Waals surface area (Å²) < 4.78 is 16.8. The van der Waals surface area contributed by atoms with Crippen LogP contribution in [0.15, 0.2) is 41.8 Å². The van der Waals surface area contributed by atoms with Crippen molar-refractivity contribution in [3.63, 3.8) is 0 Å². The summed E-state index contributed by atoms with van der Waals surface area (Å²) in [5, 5.41) is 13.5. The van der Waals surface area contributed by atoms with Crippen molar-refractivity contribution in [1.82, 2.24) is 24.5 Å². The van der Waals surface area contributed by atoms with Crippen molar-refractivity contribution in [2.45, 2.75) is 18.0 Å². The molecule has 0 atom stereocenters. The van der Waals surface area contributed by atoms with E-state index in [4.69, 9.17) is 0 Å². The van der Waals surface area contributed by atoms with Gasteiger partial charge in [0.25, 0.3) is 0 Å². The Morgan fingerprint density at radius 3 is 2.61 bits per heavy atom. The largest absolute Gasteiger partial charge is 0.305 e. The van der Waals surface area contributed by atoms with Crippen LogP contribution in [0.4, 0.5) is 4.39 Å². The zero-order valence-corrected chi connectivity index (χ0v) is 13.9. The second-order valence-electron chi connectivity index (χ2n) is 5.35. The highest BCUT2D eigenvalue weighted by molar-refractivity contribution is 7.99.